The molecule has 0 atom stereocenters. The molecule has 0 bridgehead atoms. The van der Waals surface area contributed by atoms with Crippen molar-refractivity contribution in [2.24, 2.45) is 14.1 Å². The van der Waals surface area contributed by atoms with Gasteiger partial charge in [0, 0.05) is 30.1 Å². The van der Waals surface area contributed by atoms with E-state index in [-0.39, 0.29) is 11.4 Å². The van der Waals surface area contributed by atoms with Crippen molar-refractivity contribution in [1.82, 2.24) is 9.13 Å². The predicted octanol–water partition coefficient (Wildman–Crippen LogP) is 3.59. The average Bonchev–Trinajstić information content (AvgIpc) is 2.73. The van der Waals surface area contributed by atoms with Gasteiger partial charge < -0.3 is 0 Å². The van der Waals surface area contributed by atoms with Gasteiger partial charge in [0.05, 0.1) is 20.9 Å². The van der Waals surface area contributed by atoms with Gasteiger partial charge in [-0.2, -0.15) is 0 Å². The van der Waals surface area contributed by atoms with Crippen LogP contribution in [0.5, 0.6) is 0 Å². The largest absolute Gasteiger partial charge is 0.328 e. The van der Waals surface area contributed by atoms with Crippen LogP contribution < -0.4 is 5.69 Å². The lowest BCUT2D eigenvalue weighted by molar-refractivity contribution is -0.387. The van der Waals surface area contributed by atoms with Crippen LogP contribution in [-0.4, -0.2) is 14.1 Å². The van der Waals surface area contributed by atoms with E-state index < -0.39 is 4.92 Å². The minimum atomic E-state index is -0.435. The Labute approximate surface area is 140 Å². The van der Waals surface area contributed by atoms with Crippen molar-refractivity contribution < 1.29 is 4.92 Å². The maximum Gasteiger partial charge on any atom is 0.328 e. The Hall–Kier alpha value is -2.25. The lowest BCUT2D eigenvalue weighted by Crippen LogP contribution is -2.19. The van der Waals surface area contributed by atoms with Gasteiger partial charge >= 0.3 is 5.69 Å². The van der Waals surface area contributed by atoms with Crippen molar-refractivity contribution in [3.05, 3.63) is 62.0 Å². The molecule has 1 aromatic heterocycles. The Balaban J connectivity index is 2.20. The molecule has 8 heteroatoms. The highest BCUT2D eigenvalue weighted by Gasteiger charge is 2.20. The van der Waals surface area contributed by atoms with Crippen LogP contribution in [0.3, 0.4) is 0 Å². The number of nitro groups is 1. The second-order valence-corrected chi connectivity index (χ2v) is 6.57. The number of benzene rings is 2. The topological polar surface area (TPSA) is 70.1 Å². The molecule has 0 unspecified atom stereocenters. The second-order valence-electron chi connectivity index (χ2n) is 5.02. The summed E-state index contributed by atoms with van der Waals surface area (Å²) in [4.78, 5) is 24.3. The zero-order valence-corrected chi connectivity index (χ0v) is 13.9. The van der Waals surface area contributed by atoms with E-state index in [4.69, 9.17) is 11.6 Å². The zero-order chi connectivity index (χ0) is 16.7. The fraction of sp³-hybridized carbons (Fsp3) is 0.133. The number of aryl methyl sites for hydroxylation is 2. The number of nitro benzene ring substituents is 1. The molecule has 0 N–H and O–H groups in total. The molecule has 0 aliphatic carbocycles. The standard InChI is InChI=1S/C15H12ClN3O3S/c1-17-11-7-13(19(21)22)14(8-12(11)18(2)15(17)20)23-10-5-3-9(16)4-6-10/h3-8H,1-2H3. The fourth-order valence-corrected chi connectivity index (χ4v) is 3.43. The normalized spacial score (nSPS) is 11.1. The van der Waals surface area contributed by atoms with Crippen LogP contribution in [0.2, 0.25) is 5.02 Å². The van der Waals surface area contributed by atoms with Gasteiger partial charge in [0.15, 0.2) is 0 Å². The van der Waals surface area contributed by atoms with Gasteiger partial charge in [-0.25, -0.2) is 4.79 Å². The van der Waals surface area contributed by atoms with Crippen molar-refractivity contribution in [1.29, 1.82) is 0 Å². The zero-order valence-electron chi connectivity index (χ0n) is 12.3. The van der Waals surface area contributed by atoms with E-state index in [0.717, 1.165) is 4.90 Å². The fourth-order valence-electron chi connectivity index (χ4n) is 2.37. The first-order chi connectivity index (χ1) is 10.9. The van der Waals surface area contributed by atoms with E-state index in [2.05, 4.69) is 0 Å². The van der Waals surface area contributed by atoms with E-state index in [1.165, 1.54) is 27.0 Å². The summed E-state index contributed by atoms with van der Waals surface area (Å²) in [6.07, 6.45) is 0. The summed E-state index contributed by atoms with van der Waals surface area (Å²) in [5.41, 5.74) is 0.936. The SMILES string of the molecule is Cn1c(=O)n(C)c2cc([N+](=O)[O-])c(Sc3ccc(Cl)cc3)cc21. The molecule has 0 aliphatic rings. The molecule has 0 saturated heterocycles. The highest BCUT2D eigenvalue weighted by molar-refractivity contribution is 7.99. The first kappa shape index (κ1) is 15.6. The third-order valence-electron chi connectivity index (χ3n) is 3.59. The molecule has 0 spiro atoms. The minimum absolute atomic E-state index is 0.0290. The third kappa shape index (κ3) is 2.73. The Morgan fingerprint density at radius 2 is 1.65 bits per heavy atom. The van der Waals surface area contributed by atoms with E-state index in [1.54, 1.807) is 44.4 Å². The summed E-state index contributed by atoms with van der Waals surface area (Å²) >= 11 is 7.12. The number of imidazole rings is 1. The summed E-state index contributed by atoms with van der Waals surface area (Å²) in [6.45, 7) is 0. The highest BCUT2D eigenvalue weighted by atomic mass is 35.5. The molecule has 0 radical (unpaired) electrons. The van der Waals surface area contributed by atoms with Gasteiger partial charge in [-0.3, -0.25) is 19.2 Å². The smallest absolute Gasteiger partial charge is 0.295 e. The van der Waals surface area contributed by atoms with Crippen LogP contribution in [0.15, 0.2) is 51.0 Å². The summed E-state index contributed by atoms with van der Waals surface area (Å²) in [7, 11) is 3.24. The Morgan fingerprint density at radius 1 is 1.09 bits per heavy atom. The molecule has 0 amide bonds. The number of fused-ring (bicyclic) bond motifs is 1. The Kier molecular flexibility index (Phi) is 3.91. The third-order valence-corrected chi connectivity index (χ3v) is 4.90. The number of hydrogen-bond acceptors (Lipinski definition) is 4. The van der Waals surface area contributed by atoms with Gasteiger partial charge in [0.25, 0.3) is 5.69 Å². The number of nitrogens with zero attached hydrogens (tertiary/aromatic N) is 3. The number of hydrogen-bond donors (Lipinski definition) is 0. The van der Waals surface area contributed by atoms with Crippen molar-refractivity contribution in [2.45, 2.75) is 9.79 Å². The highest BCUT2D eigenvalue weighted by Crippen LogP contribution is 2.37. The van der Waals surface area contributed by atoms with E-state index >= 15 is 0 Å². The molecule has 0 aliphatic heterocycles. The van der Waals surface area contributed by atoms with Crippen LogP contribution in [0.1, 0.15) is 0 Å². The van der Waals surface area contributed by atoms with Crippen molar-refractivity contribution in [3.63, 3.8) is 0 Å². The van der Waals surface area contributed by atoms with Crippen LogP contribution in [-0.2, 0) is 14.1 Å². The monoisotopic (exact) mass is 349 g/mol. The molecular weight excluding hydrogens is 338 g/mol. The number of rotatable bonds is 3. The van der Waals surface area contributed by atoms with Crippen LogP contribution in [0, 0.1) is 10.1 Å². The van der Waals surface area contributed by atoms with Gasteiger partial charge in [0.2, 0.25) is 0 Å². The van der Waals surface area contributed by atoms with Crippen LogP contribution >= 0.6 is 23.4 Å². The van der Waals surface area contributed by atoms with Gasteiger partial charge in [0.1, 0.15) is 0 Å². The summed E-state index contributed by atoms with van der Waals surface area (Å²) in [5.74, 6) is 0. The molecule has 2 aromatic carbocycles. The maximum atomic E-state index is 12.0. The van der Waals surface area contributed by atoms with E-state index in [0.29, 0.717) is 21.0 Å². The molecule has 1 heterocycles. The first-order valence-corrected chi connectivity index (χ1v) is 7.85. The van der Waals surface area contributed by atoms with Gasteiger partial charge in [-0.05, 0) is 30.3 Å². The molecule has 3 rings (SSSR count). The van der Waals surface area contributed by atoms with Crippen molar-refractivity contribution in [3.8, 4) is 0 Å². The Morgan fingerprint density at radius 3 is 2.22 bits per heavy atom. The Bertz CT molecular complexity index is 976. The quantitative estimate of drug-likeness (QED) is 0.535. The predicted molar refractivity (Wildman–Crippen MR) is 90.4 cm³/mol. The number of halogens is 1. The van der Waals surface area contributed by atoms with E-state index in [1.807, 2.05) is 0 Å². The lowest BCUT2D eigenvalue weighted by atomic mass is 10.2. The van der Waals surface area contributed by atoms with Crippen LogP contribution in [0.4, 0.5) is 5.69 Å². The molecule has 23 heavy (non-hydrogen) atoms. The molecule has 6 nitrogen and oxygen atoms in total. The van der Waals surface area contributed by atoms with Crippen LogP contribution in [0.25, 0.3) is 11.0 Å². The molecule has 3 aromatic rings. The van der Waals surface area contributed by atoms with Gasteiger partial charge in [-0.1, -0.05) is 23.4 Å². The first-order valence-electron chi connectivity index (χ1n) is 6.66. The van der Waals surface area contributed by atoms with Crippen molar-refractivity contribution >= 4 is 40.1 Å². The molecular formula is C15H12ClN3O3S. The summed E-state index contributed by atoms with van der Waals surface area (Å²) in [5, 5.41) is 12.0. The second kappa shape index (κ2) is 5.75. The summed E-state index contributed by atoms with van der Waals surface area (Å²) < 4.78 is 2.88. The number of aromatic nitrogens is 2. The molecule has 0 fully saturated rings. The van der Waals surface area contributed by atoms with Gasteiger partial charge in [-0.15, -0.1) is 0 Å². The average molecular weight is 350 g/mol. The van der Waals surface area contributed by atoms with E-state index in [9.17, 15) is 14.9 Å². The summed E-state index contributed by atoms with van der Waals surface area (Å²) in [6, 6.07) is 10.2. The minimum Gasteiger partial charge on any atom is -0.295 e. The lowest BCUT2D eigenvalue weighted by Gasteiger charge is -2.05. The molecule has 118 valence electrons. The van der Waals surface area contributed by atoms with Crippen molar-refractivity contribution in [2.75, 3.05) is 0 Å². The molecule has 0 saturated carbocycles. The maximum absolute atomic E-state index is 12.0.